The maximum atomic E-state index is 12.1. The van der Waals surface area contributed by atoms with E-state index in [0.29, 0.717) is 46.3 Å². The van der Waals surface area contributed by atoms with E-state index in [2.05, 4.69) is 15.2 Å². The second-order valence-corrected chi connectivity index (χ2v) is 9.57. The maximum Gasteiger partial charge on any atom is 0.309 e. The summed E-state index contributed by atoms with van der Waals surface area (Å²) in [5.41, 5.74) is 1.47. The van der Waals surface area contributed by atoms with E-state index in [9.17, 15) is 9.59 Å². The maximum absolute atomic E-state index is 12.1. The highest BCUT2D eigenvalue weighted by molar-refractivity contribution is 8.01. The van der Waals surface area contributed by atoms with E-state index in [0.717, 1.165) is 12.1 Å². The SMILES string of the molecule is O=C(O)Cc1csc(SCC(=O)NCC2CN(Cc3cccc(Cl)c3Cl)CCO2)n1. The first-order valence-electron chi connectivity index (χ1n) is 9.23. The minimum Gasteiger partial charge on any atom is -0.481 e. The van der Waals surface area contributed by atoms with E-state index in [-0.39, 0.29) is 24.2 Å². The molecule has 2 aromatic rings. The van der Waals surface area contributed by atoms with Crippen molar-refractivity contribution in [2.45, 2.75) is 23.4 Å². The molecule has 1 aliphatic heterocycles. The fraction of sp³-hybridized carbons (Fsp3) is 0.421. The minimum atomic E-state index is -0.922. The van der Waals surface area contributed by atoms with Crippen LogP contribution in [0, 0.1) is 0 Å². The summed E-state index contributed by atoms with van der Waals surface area (Å²) < 4.78 is 6.45. The topological polar surface area (TPSA) is 91.8 Å². The van der Waals surface area contributed by atoms with Crippen molar-refractivity contribution in [3.05, 3.63) is 44.9 Å². The van der Waals surface area contributed by atoms with Gasteiger partial charge in [-0.25, -0.2) is 4.98 Å². The van der Waals surface area contributed by atoms with Crippen molar-refractivity contribution in [3.8, 4) is 0 Å². The van der Waals surface area contributed by atoms with Gasteiger partial charge in [-0.2, -0.15) is 0 Å². The van der Waals surface area contributed by atoms with Crippen molar-refractivity contribution in [2.24, 2.45) is 0 Å². The van der Waals surface area contributed by atoms with Gasteiger partial charge in [-0.15, -0.1) is 11.3 Å². The number of nitrogens with zero attached hydrogens (tertiary/aromatic N) is 2. The van der Waals surface area contributed by atoms with Gasteiger partial charge in [0.15, 0.2) is 4.34 Å². The molecule has 2 heterocycles. The predicted octanol–water partition coefficient (Wildman–Crippen LogP) is 3.19. The van der Waals surface area contributed by atoms with E-state index in [4.69, 9.17) is 33.0 Å². The highest BCUT2D eigenvalue weighted by Crippen LogP contribution is 2.27. The molecule has 1 aromatic heterocycles. The third-order valence-corrected chi connectivity index (χ3v) is 7.29. The van der Waals surface area contributed by atoms with Crippen molar-refractivity contribution < 1.29 is 19.4 Å². The van der Waals surface area contributed by atoms with Crippen LogP contribution in [-0.4, -0.2) is 65.0 Å². The molecular weight excluding hydrogens is 469 g/mol. The van der Waals surface area contributed by atoms with Crippen LogP contribution in [-0.2, 0) is 27.3 Å². The number of nitrogens with one attached hydrogen (secondary N) is 1. The number of thiazole rings is 1. The first-order chi connectivity index (χ1) is 14.4. The van der Waals surface area contributed by atoms with Crippen LogP contribution in [0.2, 0.25) is 10.0 Å². The van der Waals surface area contributed by atoms with Crippen LogP contribution in [0.1, 0.15) is 11.3 Å². The lowest BCUT2D eigenvalue weighted by molar-refractivity contribution is -0.136. The zero-order valence-corrected chi connectivity index (χ0v) is 19.1. The second kappa shape index (κ2) is 11.3. The quantitative estimate of drug-likeness (QED) is 0.522. The monoisotopic (exact) mass is 489 g/mol. The van der Waals surface area contributed by atoms with Crippen molar-refractivity contribution in [3.63, 3.8) is 0 Å². The molecule has 0 radical (unpaired) electrons. The molecule has 1 atom stereocenters. The van der Waals surface area contributed by atoms with E-state index >= 15 is 0 Å². The lowest BCUT2D eigenvalue weighted by Gasteiger charge is -2.33. The standard InChI is InChI=1S/C19H21Cl2N3O4S2/c20-15-3-1-2-12(18(15)21)8-24-4-5-28-14(9-24)7-22-16(25)11-30-19-23-13(10-29-19)6-17(26)27/h1-3,10,14H,4-9,11H2,(H,22,25)(H,26,27). The average Bonchev–Trinajstić information content (AvgIpc) is 3.15. The van der Waals surface area contributed by atoms with Crippen LogP contribution in [0.5, 0.6) is 0 Å². The van der Waals surface area contributed by atoms with Crippen LogP contribution in [0.25, 0.3) is 0 Å². The molecule has 162 valence electrons. The second-order valence-electron chi connectivity index (χ2n) is 6.71. The Hall–Kier alpha value is -1.36. The number of aromatic nitrogens is 1. The van der Waals surface area contributed by atoms with Crippen LogP contribution in [0.4, 0.5) is 0 Å². The molecule has 1 aromatic carbocycles. The van der Waals surface area contributed by atoms with Crippen LogP contribution >= 0.6 is 46.3 Å². The number of morpholine rings is 1. The predicted molar refractivity (Wildman–Crippen MR) is 119 cm³/mol. The Morgan fingerprint density at radius 3 is 3.03 bits per heavy atom. The number of amides is 1. The number of ether oxygens (including phenoxy) is 1. The molecule has 1 amide bonds. The Balaban J connectivity index is 1.40. The van der Waals surface area contributed by atoms with Gasteiger partial charge in [0.05, 0.1) is 40.6 Å². The summed E-state index contributed by atoms with van der Waals surface area (Å²) in [5.74, 6) is -0.823. The third-order valence-electron chi connectivity index (χ3n) is 4.37. The number of thioether (sulfide) groups is 1. The summed E-state index contributed by atoms with van der Waals surface area (Å²) in [6.45, 7) is 3.14. The average molecular weight is 490 g/mol. The Morgan fingerprint density at radius 2 is 2.23 bits per heavy atom. The number of hydrogen-bond acceptors (Lipinski definition) is 7. The third kappa shape index (κ3) is 7.11. The molecule has 1 fully saturated rings. The fourth-order valence-corrected chi connectivity index (χ4v) is 5.01. The molecule has 1 unspecified atom stereocenters. The summed E-state index contributed by atoms with van der Waals surface area (Å²) in [6.07, 6.45) is -0.216. The number of halogens is 2. The lowest BCUT2D eigenvalue weighted by atomic mass is 10.2. The fourth-order valence-electron chi connectivity index (χ4n) is 2.96. The van der Waals surface area contributed by atoms with Gasteiger partial charge in [-0.3, -0.25) is 14.5 Å². The van der Waals surface area contributed by atoms with Crippen molar-refractivity contribution in [2.75, 3.05) is 32.0 Å². The Morgan fingerprint density at radius 1 is 1.40 bits per heavy atom. The zero-order valence-electron chi connectivity index (χ0n) is 16.0. The molecule has 1 saturated heterocycles. The van der Waals surface area contributed by atoms with Crippen LogP contribution in [0.15, 0.2) is 27.9 Å². The first-order valence-corrected chi connectivity index (χ1v) is 11.9. The number of aliphatic carboxylic acids is 1. The van der Waals surface area contributed by atoms with Gasteiger partial charge in [0, 0.05) is 31.6 Å². The number of benzene rings is 1. The van der Waals surface area contributed by atoms with E-state index in [1.165, 1.54) is 23.1 Å². The minimum absolute atomic E-state index is 0.104. The highest BCUT2D eigenvalue weighted by Gasteiger charge is 2.22. The van der Waals surface area contributed by atoms with Crippen LogP contribution in [0.3, 0.4) is 0 Å². The smallest absolute Gasteiger partial charge is 0.309 e. The molecule has 3 rings (SSSR count). The molecule has 2 N–H and O–H groups in total. The van der Waals surface area contributed by atoms with E-state index in [1.807, 2.05) is 12.1 Å². The molecule has 0 bridgehead atoms. The van der Waals surface area contributed by atoms with E-state index < -0.39 is 5.97 Å². The molecule has 0 spiro atoms. The number of rotatable bonds is 9. The molecule has 0 aliphatic carbocycles. The van der Waals surface area contributed by atoms with Gasteiger partial charge in [0.2, 0.25) is 5.91 Å². The lowest BCUT2D eigenvalue weighted by Crippen LogP contribution is -2.47. The Kier molecular flexibility index (Phi) is 8.79. The summed E-state index contributed by atoms with van der Waals surface area (Å²) >= 11 is 15.0. The van der Waals surface area contributed by atoms with Crippen molar-refractivity contribution >= 4 is 58.2 Å². The van der Waals surface area contributed by atoms with Gasteiger partial charge in [-0.1, -0.05) is 47.1 Å². The number of carbonyl (C=O) groups is 2. The van der Waals surface area contributed by atoms with Gasteiger partial charge >= 0.3 is 5.97 Å². The van der Waals surface area contributed by atoms with Crippen molar-refractivity contribution in [1.82, 2.24) is 15.2 Å². The van der Waals surface area contributed by atoms with Crippen molar-refractivity contribution in [1.29, 1.82) is 0 Å². The van der Waals surface area contributed by atoms with Crippen LogP contribution < -0.4 is 5.32 Å². The molecule has 11 heteroatoms. The van der Waals surface area contributed by atoms with Gasteiger partial charge in [0.25, 0.3) is 0 Å². The van der Waals surface area contributed by atoms with Gasteiger partial charge < -0.3 is 15.2 Å². The number of carboxylic acids is 1. The van der Waals surface area contributed by atoms with Gasteiger partial charge in [0.1, 0.15) is 0 Å². The first kappa shape index (κ1) is 23.3. The van der Waals surface area contributed by atoms with E-state index in [1.54, 1.807) is 11.4 Å². The zero-order chi connectivity index (χ0) is 21.5. The van der Waals surface area contributed by atoms with Gasteiger partial charge in [-0.05, 0) is 11.6 Å². The molecule has 0 saturated carbocycles. The molecular formula is C19H21Cl2N3O4S2. The Bertz CT molecular complexity index is 896. The molecule has 7 nitrogen and oxygen atoms in total. The number of carbonyl (C=O) groups excluding carboxylic acids is 1. The normalized spacial score (nSPS) is 17.1. The highest BCUT2D eigenvalue weighted by atomic mass is 35.5. The Labute approximate surface area is 192 Å². The summed E-state index contributed by atoms with van der Waals surface area (Å²) in [6, 6.07) is 5.60. The molecule has 1 aliphatic rings. The number of carboxylic acid groups (broad SMARTS) is 1. The summed E-state index contributed by atoms with van der Waals surface area (Å²) in [7, 11) is 0. The number of hydrogen-bond donors (Lipinski definition) is 2. The summed E-state index contributed by atoms with van der Waals surface area (Å²) in [4.78, 5) is 29.3. The molecule has 30 heavy (non-hydrogen) atoms. The largest absolute Gasteiger partial charge is 0.481 e. The summed E-state index contributed by atoms with van der Waals surface area (Å²) in [5, 5.41) is 14.5.